The van der Waals surface area contributed by atoms with E-state index < -0.39 is 6.10 Å². The van der Waals surface area contributed by atoms with E-state index in [1.54, 1.807) is 31.4 Å². The van der Waals surface area contributed by atoms with Crippen LogP contribution in [0.5, 0.6) is 5.75 Å². The number of aromatic amines is 1. The summed E-state index contributed by atoms with van der Waals surface area (Å²) in [5.74, 6) is 0.353. The number of aliphatic hydroxyl groups is 1. The highest BCUT2D eigenvalue weighted by atomic mass is 16.5. The van der Waals surface area contributed by atoms with E-state index >= 15 is 0 Å². The van der Waals surface area contributed by atoms with Crippen LogP contribution in [0.15, 0.2) is 36.5 Å². The van der Waals surface area contributed by atoms with Crippen LogP contribution in [0.2, 0.25) is 0 Å². The van der Waals surface area contributed by atoms with Gasteiger partial charge in [0.25, 0.3) is 5.91 Å². The molecule has 0 radical (unpaired) electrons. The van der Waals surface area contributed by atoms with Crippen LogP contribution < -0.4 is 10.1 Å². The van der Waals surface area contributed by atoms with Gasteiger partial charge in [0.2, 0.25) is 0 Å². The quantitative estimate of drug-likeness (QED) is 0.772. The number of aromatic nitrogens is 1. The lowest BCUT2D eigenvalue weighted by Crippen LogP contribution is -2.28. The summed E-state index contributed by atoms with van der Waals surface area (Å²) in [6, 6.07) is 10.3. The topological polar surface area (TPSA) is 98.1 Å². The van der Waals surface area contributed by atoms with Gasteiger partial charge in [0.15, 0.2) is 0 Å². The highest BCUT2D eigenvalue weighted by molar-refractivity contribution is 5.94. The zero-order valence-corrected chi connectivity index (χ0v) is 11.5. The molecule has 1 unspecified atom stereocenters. The van der Waals surface area contributed by atoms with E-state index in [0.717, 1.165) is 0 Å². The van der Waals surface area contributed by atoms with Crippen LogP contribution in [0, 0.1) is 11.3 Å². The molecule has 6 nitrogen and oxygen atoms in total. The minimum Gasteiger partial charge on any atom is -0.497 e. The number of nitrogens with zero attached hydrogens (tertiary/aromatic N) is 1. The van der Waals surface area contributed by atoms with Crippen molar-refractivity contribution >= 4 is 5.91 Å². The van der Waals surface area contributed by atoms with Crippen molar-refractivity contribution in [1.29, 1.82) is 5.26 Å². The number of aliphatic hydroxyl groups excluding tert-OH is 1. The number of benzene rings is 1. The minimum atomic E-state index is -0.811. The van der Waals surface area contributed by atoms with Gasteiger partial charge in [-0.3, -0.25) is 4.79 Å². The number of carbonyl (C=O) groups excluding carboxylic acids is 1. The minimum absolute atomic E-state index is 0.0816. The maximum Gasteiger partial charge on any atom is 0.252 e. The first-order valence-electron chi connectivity index (χ1n) is 6.32. The summed E-state index contributed by atoms with van der Waals surface area (Å²) < 4.78 is 5.04. The lowest BCUT2D eigenvalue weighted by atomic mass is 10.1. The van der Waals surface area contributed by atoms with Crippen molar-refractivity contribution in [2.45, 2.75) is 6.10 Å². The van der Waals surface area contributed by atoms with Gasteiger partial charge in [-0.1, -0.05) is 12.1 Å². The summed E-state index contributed by atoms with van der Waals surface area (Å²) in [4.78, 5) is 14.5. The van der Waals surface area contributed by atoms with Crippen molar-refractivity contribution in [2.24, 2.45) is 0 Å². The molecule has 2 rings (SSSR count). The molecular formula is C15H15N3O3. The van der Waals surface area contributed by atoms with Crippen molar-refractivity contribution in [3.8, 4) is 11.8 Å². The summed E-state index contributed by atoms with van der Waals surface area (Å²) in [5, 5.41) is 21.3. The van der Waals surface area contributed by atoms with Gasteiger partial charge in [-0.15, -0.1) is 0 Å². The average Bonchev–Trinajstić information content (AvgIpc) is 3.01. The molecule has 0 bridgehead atoms. The third-order valence-corrected chi connectivity index (χ3v) is 3.02. The third kappa shape index (κ3) is 3.61. The van der Waals surface area contributed by atoms with Crippen LogP contribution in [0.1, 0.15) is 27.7 Å². The number of carbonyl (C=O) groups is 1. The van der Waals surface area contributed by atoms with Crippen molar-refractivity contribution in [3.63, 3.8) is 0 Å². The van der Waals surface area contributed by atoms with Gasteiger partial charge in [0.05, 0.1) is 18.8 Å². The van der Waals surface area contributed by atoms with Gasteiger partial charge in [-0.25, -0.2) is 0 Å². The van der Waals surface area contributed by atoms with E-state index in [4.69, 9.17) is 10.00 Å². The SMILES string of the molecule is COc1ccc(C(O)CNC(=O)c2c[nH]c(C#N)c2)cc1. The van der Waals surface area contributed by atoms with Gasteiger partial charge in [0, 0.05) is 12.7 Å². The summed E-state index contributed by atoms with van der Waals surface area (Å²) in [6.45, 7) is 0.0816. The summed E-state index contributed by atoms with van der Waals surface area (Å²) in [6.07, 6.45) is 0.641. The normalized spacial score (nSPS) is 11.5. The van der Waals surface area contributed by atoms with Crippen LogP contribution >= 0.6 is 0 Å². The first-order valence-corrected chi connectivity index (χ1v) is 6.32. The van der Waals surface area contributed by atoms with E-state index in [1.807, 2.05) is 6.07 Å². The van der Waals surface area contributed by atoms with Crippen molar-refractivity contribution < 1.29 is 14.6 Å². The summed E-state index contributed by atoms with van der Waals surface area (Å²) in [5.41, 5.74) is 1.35. The molecule has 6 heteroatoms. The zero-order valence-electron chi connectivity index (χ0n) is 11.5. The third-order valence-electron chi connectivity index (χ3n) is 3.02. The maximum atomic E-state index is 11.8. The van der Waals surface area contributed by atoms with E-state index in [0.29, 0.717) is 22.6 Å². The van der Waals surface area contributed by atoms with Crippen molar-refractivity contribution in [3.05, 3.63) is 53.3 Å². The molecule has 0 aliphatic carbocycles. The predicted octanol–water partition coefficient (Wildman–Crippen LogP) is 1.36. The molecule has 1 heterocycles. The van der Waals surface area contributed by atoms with Crippen molar-refractivity contribution in [1.82, 2.24) is 10.3 Å². The zero-order chi connectivity index (χ0) is 15.2. The molecule has 0 saturated heterocycles. The van der Waals surface area contributed by atoms with Crippen LogP contribution in [-0.4, -0.2) is 29.7 Å². The lowest BCUT2D eigenvalue weighted by Gasteiger charge is -2.12. The Hall–Kier alpha value is -2.78. The van der Waals surface area contributed by atoms with Crippen molar-refractivity contribution in [2.75, 3.05) is 13.7 Å². The van der Waals surface area contributed by atoms with E-state index in [1.165, 1.54) is 12.3 Å². The molecule has 1 aromatic carbocycles. The van der Waals surface area contributed by atoms with E-state index in [9.17, 15) is 9.90 Å². The second-order valence-electron chi connectivity index (χ2n) is 4.41. The van der Waals surface area contributed by atoms with Crippen LogP contribution in [0.4, 0.5) is 0 Å². The standard InChI is InChI=1S/C15H15N3O3/c1-21-13-4-2-10(3-5-13)14(19)9-18-15(20)11-6-12(7-16)17-8-11/h2-6,8,14,17,19H,9H2,1H3,(H,18,20). The number of methoxy groups -OCH3 is 1. The molecular weight excluding hydrogens is 270 g/mol. The van der Waals surface area contributed by atoms with Gasteiger partial charge >= 0.3 is 0 Å². The van der Waals surface area contributed by atoms with Gasteiger partial charge in [-0.2, -0.15) is 5.26 Å². The number of hydrogen-bond donors (Lipinski definition) is 3. The Labute approximate surface area is 122 Å². The Balaban J connectivity index is 1.92. The number of rotatable bonds is 5. The fourth-order valence-electron chi connectivity index (χ4n) is 1.83. The molecule has 0 spiro atoms. The average molecular weight is 285 g/mol. The monoisotopic (exact) mass is 285 g/mol. The Morgan fingerprint density at radius 2 is 2.19 bits per heavy atom. The van der Waals surface area contributed by atoms with Crippen LogP contribution in [0.25, 0.3) is 0 Å². The largest absolute Gasteiger partial charge is 0.497 e. The molecule has 1 atom stereocenters. The molecule has 1 aromatic heterocycles. The summed E-state index contributed by atoms with van der Waals surface area (Å²) in [7, 11) is 1.57. The first kappa shape index (κ1) is 14.6. The molecule has 2 aromatic rings. The maximum absolute atomic E-state index is 11.8. The molecule has 0 saturated carbocycles. The molecule has 3 N–H and O–H groups in total. The molecule has 0 fully saturated rings. The number of H-pyrrole nitrogens is 1. The van der Waals surface area contributed by atoms with Gasteiger partial charge in [0.1, 0.15) is 17.5 Å². The second-order valence-corrected chi connectivity index (χ2v) is 4.41. The fourth-order valence-corrected chi connectivity index (χ4v) is 1.83. The number of hydrogen-bond acceptors (Lipinski definition) is 4. The number of ether oxygens (including phenoxy) is 1. The molecule has 0 aliphatic rings. The predicted molar refractivity (Wildman–Crippen MR) is 75.8 cm³/mol. The van der Waals surface area contributed by atoms with Crippen LogP contribution in [0.3, 0.4) is 0 Å². The van der Waals surface area contributed by atoms with E-state index in [-0.39, 0.29) is 12.5 Å². The van der Waals surface area contributed by atoms with E-state index in [2.05, 4.69) is 10.3 Å². The first-order chi connectivity index (χ1) is 10.1. The van der Waals surface area contributed by atoms with Crippen LogP contribution in [-0.2, 0) is 0 Å². The number of nitriles is 1. The molecule has 1 amide bonds. The lowest BCUT2D eigenvalue weighted by molar-refractivity contribution is 0.0916. The Bertz CT molecular complexity index is 656. The molecule has 108 valence electrons. The number of amides is 1. The molecule has 0 aliphatic heterocycles. The Morgan fingerprint density at radius 3 is 2.76 bits per heavy atom. The highest BCUT2D eigenvalue weighted by Crippen LogP contribution is 2.17. The molecule has 21 heavy (non-hydrogen) atoms. The number of nitrogens with one attached hydrogen (secondary N) is 2. The van der Waals surface area contributed by atoms with Gasteiger partial charge < -0.3 is 20.1 Å². The van der Waals surface area contributed by atoms with Gasteiger partial charge in [-0.05, 0) is 23.8 Å². The Kier molecular flexibility index (Phi) is 4.59. The second kappa shape index (κ2) is 6.59. The highest BCUT2D eigenvalue weighted by Gasteiger charge is 2.12. The smallest absolute Gasteiger partial charge is 0.252 e. The summed E-state index contributed by atoms with van der Waals surface area (Å²) >= 11 is 0. The Morgan fingerprint density at radius 1 is 1.48 bits per heavy atom. The fraction of sp³-hybridized carbons (Fsp3) is 0.200.